The van der Waals surface area contributed by atoms with Gasteiger partial charge in [-0.05, 0) is 49.2 Å². The average Bonchev–Trinajstić information content (AvgIpc) is 2.65. The molecule has 0 aliphatic carbocycles. The minimum atomic E-state index is 0.232. The number of aromatic hydroxyl groups is 1. The fourth-order valence-corrected chi connectivity index (χ4v) is 3.30. The lowest BCUT2D eigenvalue weighted by Gasteiger charge is -2.36. The molecule has 1 fully saturated rings. The molecule has 5 nitrogen and oxygen atoms in total. The van der Waals surface area contributed by atoms with Crippen LogP contribution in [0.2, 0.25) is 0 Å². The summed E-state index contributed by atoms with van der Waals surface area (Å²) >= 11 is 0. The van der Waals surface area contributed by atoms with Crippen LogP contribution in [-0.4, -0.2) is 60.1 Å². The second-order valence-corrected chi connectivity index (χ2v) is 6.79. The molecular weight excluding hydrogens is 326 g/mol. The van der Waals surface area contributed by atoms with Gasteiger partial charge >= 0.3 is 0 Å². The number of ether oxygens (including phenoxy) is 1. The van der Waals surface area contributed by atoms with E-state index >= 15 is 0 Å². The van der Waals surface area contributed by atoms with Gasteiger partial charge in [0.05, 0.1) is 0 Å². The molecule has 5 heteroatoms. The zero-order chi connectivity index (χ0) is 18.5. The second kappa shape index (κ2) is 8.23. The quantitative estimate of drug-likeness (QED) is 0.641. The molecule has 0 aromatic heterocycles. The van der Waals surface area contributed by atoms with Gasteiger partial charge in [0, 0.05) is 38.3 Å². The Morgan fingerprint density at radius 3 is 2.23 bits per heavy atom. The van der Waals surface area contributed by atoms with Crippen LogP contribution in [0.4, 0.5) is 0 Å². The first-order valence-corrected chi connectivity index (χ1v) is 9.09. The maximum Gasteiger partial charge on any atom is 0.128 e. The van der Waals surface area contributed by atoms with E-state index in [1.54, 1.807) is 24.3 Å². The van der Waals surface area contributed by atoms with Crippen LogP contribution in [0, 0.1) is 19.3 Å². The summed E-state index contributed by atoms with van der Waals surface area (Å²) in [5.74, 6) is 1.76. The summed E-state index contributed by atoms with van der Waals surface area (Å²) in [7, 11) is 0. The number of phenolic OH excluding ortho intramolecular Hbond substituents is 1. The van der Waals surface area contributed by atoms with Gasteiger partial charge in [-0.1, -0.05) is 18.2 Å². The lowest BCUT2D eigenvalue weighted by atomic mass is 10.1. The van der Waals surface area contributed by atoms with E-state index in [0.29, 0.717) is 12.4 Å². The van der Waals surface area contributed by atoms with Crippen LogP contribution in [0.1, 0.15) is 16.7 Å². The van der Waals surface area contributed by atoms with Crippen molar-refractivity contribution in [3.8, 4) is 11.5 Å². The molecule has 2 aromatic rings. The Hall–Kier alpha value is -2.53. The van der Waals surface area contributed by atoms with Crippen molar-refractivity contribution in [2.75, 3.05) is 39.3 Å². The summed E-state index contributed by atoms with van der Waals surface area (Å²) in [5, 5.41) is 17.7. The predicted molar refractivity (Wildman–Crippen MR) is 104 cm³/mol. The van der Waals surface area contributed by atoms with E-state index in [9.17, 15) is 5.11 Å². The molecule has 1 saturated heterocycles. The Bertz CT molecular complexity index is 730. The van der Waals surface area contributed by atoms with Crippen LogP contribution in [0.25, 0.3) is 0 Å². The molecule has 1 aliphatic heterocycles. The number of nitrogens with one attached hydrogen (secondary N) is 1. The number of hydrogen-bond donors (Lipinski definition) is 2. The minimum absolute atomic E-state index is 0.232. The predicted octanol–water partition coefficient (Wildman–Crippen LogP) is 3.03. The standard InChI is InChI=1S/C21H27N3O2/c1-16-4-3-5-17(2)20(16)26-15-14-23-10-12-24(13-11-23)21(22)18-6-8-19(25)9-7-18/h3-9,22,25H,10-15H2,1-2H3. The highest BCUT2D eigenvalue weighted by molar-refractivity contribution is 5.96. The van der Waals surface area contributed by atoms with Crippen molar-refractivity contribution in [1.82, 2.24) is 9.80 Å². The van der Waals surface area contributed by atoms with Gasteiger partial charge in [0.15, 0.2) is 0 Å². The number of hydrogen-bond acceptors (Lipinski definition) is 4. The van der Waals surface area contributed by atoms with E-state index in [0.717, 1.165) is 44.0 Å². The molecule has 26 heavy (non-hydrogen) atoms. The van der Waals surface area contributed by atoms with E-state index in [4.69, 9.17) is 10.1 Å². The maximum atomic E-state index is 9.38. The van der Waals surface area contributed by atoms with Gasteiger partial charge in [0.1, 0.15) is 23.9 Å². The van der Waals surface area contributed by atoms with Crippen LogP contribution >= 0.6 is 0 Å². The highest BCUT2D eigenvalue weighted by atomic mass is 16.5. The van der Waals surface area contributed by atoms with Gasteiger partial charge < -0.3 is 14.7 Å². The molecule has 0 unspecified atom stereocenters. The Kier molecular flexibility index (Phi) is 5.78. The third kappa shape index (κ3) is 4.35. The van der Waals surface area contributed by atoms with Gasteiger partial charge in [0.2, 0.25) is 0 Å². The lowest BCUT2D eigenvalue weighted by molar-refractivity contribution is 0.153. The largest absolute Gasteiger partial charge is 0.508 e. The molecule has 1 aliphatic rings. The zero-order valence-corrected chi connectivity index (χ0v) is 15.5. The van der Waals surface area contributed by atoms with Crippen molar-refractivity contribution >= 4 is 5.84 Å². The minimum Gasteiger partial charge on any atom is -0.508 e. The van der Waals surface area contributed by atoms with Crippen molar-refractivity contribution < 1.29 is 9.84 Å². The molecular formula is C21H27N3O2. The Morgan fingerprint density at radius 1 is 1.00 bits per heavy atom. The molecule has 0 spiro atoms. The summed E-state index contributed by atoms with van der Waals surface area (Å²) in [6, 6.07) is 13.1. The lowest BCUT2D eigenvalue weighted by Crippen LogP contribution is -2.49. The summed E-state index contributed by atoms with van der Waals surface area (Å²) in [6.45, 7) is 9.26. The highest BCUT2D eigenvalue weighted by Crippen LogP contribution is 2.22. The summed E-state index contributed by atoms with van der Waals surface area (Å²) in [4.78, 5) is 4.48. The van der Waals surface area contributed by atoms with Crippen molar-refractivity contribution in [3.05, 3.63) is 59.2 Å². The van der Waals surface area contributed by atoms with E-state index in [-0.39, 0.29) is 5.75 Å². The summed E-state index contributed by atoms with van der Waals surface area (Å²) in [5.41, 5.74) is 3.20. The normalized spacial score (nSPS) is 15.1. The average molecular weight is 353 g/mol. The fraction of sp³-hybridized carbons (Fsp3) is 0.381. The number of para-hydroxylation sites is 1. The Labute approximate surface area is 155 Å². The zero-order valence-electron chi connectivity index (χ0n) is 15.5. The number of aryl methyl sites for hydroxylation is 2. The van der Waals surface area contributed by atoms with E-state index < -0.39 is 0 Å². The number of benzene rings is 2. The van der Waals surface area contributed by atoms with Crippen LogP contribution < -0.4 is 4.74 Å². The topological polar surface area (TPSA) is 59.8 Å². The van der Waals surface area contributed by atoms with Crippen molar-refractivity contribution in [2.24, 2.45) is 0 Å². The van der Waals surface area contributed by atoms with Crippen molar-refractivity contribution in [2.45, 2.75) is 13.8 Å². The van der Waals surface area contributed by atoms with Crippen LogP contribution in [0.3, 0.4) is 0 Å². The van der Waals surface area contributed by atoms with Crippen molar-refractivity contribution in [1.29, 1.82) is 5.41 Å². The molecule has 3 rings (SSSR count). The Morgan fingerprint density at radius 2 is 1.62 bits per heavy atom. The molecule has 138 valence electrons. The monoisotopic (exact) mass is 353 g/mol. The number of rotatable bonds is 5. The van der Waals surface area contributed by atoms with Gasteiger partial charge in [-0.25, -0.2) is 0 Å². The van der Waals surface area contributed by atoms with E-state index in [1.807, 2.05) is 0 Å². The SMILES string of the molecule is Cc1cccc(C)c1OCCN1CCN(C(=N)c2ccc(O)cc2)CC1. The number of amidine groups is 1. The second-order valence-electron chi connectivity index (χ2n) is 6.79. The van der Waals surface area contributed by atoms with Crippen molar-refractivity contribution in [3.63, 3.8) is 0 Å². The molecule has 0 amide bonds. The molecule has 2 N–H and O–H groups in total. The fourth-order valence-electron chi connectivity index (χ4n) is 3.30. The number of nitrogens with zero attached hydrogens (tertiary/aromatic N) is 2. The van der Waals surface area contributed by atoms with Gasteiger partial charge in [-0.15, -0.1) is 0 Å². The third-order valence-electron chi connectivity index (χ3n) is 4.89. The molecule has 2 aromatic carbocycles. The first-order valence-electron chi connectivity index (χ1n) is 9.09. The van der Waals surface area contributed by atoms with Crippen LogP contribution in [0.15, 0.2) is 42.5 Å². The van der Waals surface area contributed by atoms with Crippen LogP contribution in [0.5, 0.6) is 11.5 Å². The smallest absolute Gasteiger partial charge is 0.128 e. The van der Waals surface area contributed by atoms with E-state index in [1.165, 1.54) is 11.1 Å². The molecule has 0 atom stereocenters. The maximum absolute atomic E-state index is 9.38. The van der Waals surface area contributed by atoms with Crippen LogP contribution in [-0.2, 0) is 0 Å². The summed E-state index contributed by atoms with van der Waals surface area (Å²) < 4.78 is 6.00. The van der Waals surface area contributed by atoms with Gasteiger partial charge in [-0.2, -0.15) is 0 Å². The Balaban J connectivity index is 1.45. The first kappa shape index (κ1) is 18.3. The first-order chi connectivity index (χ1) is 12.5. The van der Waals surface area contributed by atoms with E-state index in [2.05, 4.69) is 41.8 Å². The molecule has 0 saturated carbocycles. The molecule has 1 heterocycles. The summed E-state index contributed by atoms with van der Waals surface area (Å²) in [6.07, 6.45) is 0. The van der Waals surface area contributed by atoms with Gasteiger partial charge in [-0.3, -0.25) is 10.3 Å². The number of piperazine rings is 1. The molecule has 0 bridgehead atoms. The molecule has 0 radical (unpaired) electrons. The number of phenols is 1. The van der Waals surface area contributed by atoms with Gasteiger partial charge in [0.25, 0.3) is 0 Å². The highest BCUT2D eigenvalue weighted by Gasteiger charge is 2.19. The third-order valence-corrected chi connectivity index (χ3v) is 4.89.